The van der Waals surface area contributed by atoms with E-state index in [1.165, 1.54) is 0 Å². The van der Waals surface area contributed by atoms with Crippen LogP contribution in [0.3, 0.4) is 0 Å². The van der Waals surface area contributed by atoms with E-state index in [9.17, 15) is 4.79 Å². The molecular formula is C13H24N2O3. The van der Waals surface area contributed by atoms with Gasteiger partial charge in [-0.15, -0.1) is 0 Å². The molecule has 1 aliphatic heterocycles. The molecule has 2 rings (SSSR count). The minimum absolute atomic E-state index is 0.0509. The first kappa shape index (κ1) is 13.8. The molecule has 1 amide bonds. The Morgan fingerprint density at radius 1 is 1.50 bits per heavy atom. The van der Waals surface area contributed by atoms with Gasteiger partial charge in [0, 0.05) is 24.6 Å². The molecule has 1 saturated carbocycles. The van der Waals surface area contributed by atoms with E-state index in [0.717, 1.165) is 32.3 Å². The molecule has 0 spiro atoms. The number of ether oxygens (including phenoxy) is 2. The zero-order valence-electron chi connectivity index (χ0n) is 11.1. The van der Waals surface area contributed by atoms with Crippen LogP contribution in [0.5, 0.6) is 0 Å². The molecule has 0 bridgehead atoms. The Bertz CT molecular complexity index is 279. The summed E-state index contributed by atoms with van der Waals surface area (Å²) in [6, 6.07) is 0.248. The first-order valence-electron chi connectivity index (χ1n) is 6.90. The van der Waals surface area contributed by atoms with Crippen LogP contribution < -0.4 is 11.1 Å². The summed E-state index contributed by atoms with van der Waals surface area (Å²) in [5.74, 6) is 0.221. The van der Waals surface area contributed by atoms with E-state index in [1.807, 2.05) is 6.92 Å². The molecule has 1 saturated heterocycles. The number of hydrogen-bond donors (Lipinski definition) is 2. The Labute approximate surface area is 108 Å². The molecule has 0 aromatic carbocycles. The van der Waals surface area contributed by atoms with Crippen LogP contribution in [0.25, 0.3) is 0 Å². The molecule has 3 N–H and O–H groups in total. The zero-order valence-corrected chi connectivity index (χ0v) is 11.1. The summed E-state index contributed by atoms with van der Waals surface area (Å²) in [4.78, 5) is 12.0. The van der Waals surface area contributed by atoms with Gasteiger partial charge >= 0.3 is 0 Å². The lowest BCUT2D eigenvalue weighted by Gasteiger charge is -2.19. The van der Waals surface area contributed by atoms with E-state index in [4.69, 9.17) is 15.2 Å². The van der Waals surface area contributed by atoms with E-state index < -0.39 is 0 Å². The van der Waals surface area contributed by atoms with Crippen LogP contribution >= 0.6 is 0 Å². The number of carbonyl (C=O) groups excluding carboxylic acids is 1. The van der Waals surface area contributed by atoms with Crippen molar-refractivity contribution in [3.05, 3.63) is 0 Å². The molecule has 0 aromatic heterocycles. The highest BCUT2D eigenvalue weighted by Gasteiger charge is 2.28. The second-order valence-corrected chi connectivity index (χ2v) is 5.50. The summed E-state index contributed by atoms with van der Waals surface area (Å²) in [5, 5.41) is 3.01. The van der Waals surface area contributed by atoms with Crippen molar-refractivity contribution in [2.75, 3.05) is 19.8 Å². The second kappa shape index (κ2) is 6.50. The molecule has 18 heavy (non-hydrogen) atoms. The Kier molecular flexibility index (Phi) is 4.97. The van der Waals surface area contributed by atoms with Gasteiger partial charge in [-0.3, -0.25) is 4.79 Å². The Balaban J connectivity index is 1.63. The van der Waals surface area contributed by atoms with E-state index in [0.29, 0.717) is 13.2 Å². The summed E-state index contributed by atoms with van der Waals surface area (Å²) in [6.45, 7) is 3.99. The van der Waals surface area contributed by atoms with Crippen molar-refractivity contribution in [1.29, 1.82) is 0 Å². The Morgan fingerprint density at radius 3 is 2.94 bits per heavy atom. The number of nitrogens with one attached hydrogen (secondary N) is 1. The lowest BCUT2D eigenvalue weighted by Crippen LogP contribution is -2.40. The van der Waals surface area contributed by atoms with Gasteiger partial charge in [-0.25, -0.2) is 0 Å². The van der Waals surface area contributed by atoms with Gasteiger partial charge in [-0.2, -0.15) is 0 Å². The number of rotatable bonds is 5. The number of nitrogens with two attached hydrogens (primary N) is 1. The SMILES string of the molecule is CC(COC1CCOC1)NC(=O)C1CCC(N)C1. The molecule has 104 valence electrons. The van der Waals surface area contributed by atoms with Crippen LogP contribution in [0.15, 0.2) is 0 Å². The van der Waals surface area contributed by atoms with Crippen LogP contribution in [0.1, 0.15) is 32.6 Å². The molecule has 4 atom stereocenters. The topological polar surface area (TPSA) is 73.6 Å². The van der Waals surface area contributed by atoms with Crippen molar-refractivity contribution < 1.29 is 14.3 Å². The van der Waals surface area contributed by atoms with Gasteiger partial charge < -0.3 is 20.5 Å². The molecular weight excluding hydrogens is 232 g/mol. The molecule has 2 fully saturated rings. The minimum Gasteiger partial charge on any atom is -0.379 e. The third-order valence-electron chi connectivity index (χ3n) is 3.70. The average Bonchev–Trinajstić information content (AvgIpc) is 2.97. The second-order valence-electron chi connectivity index (χ2n) is 5.50. The first-order valence-corrected chi connectivity index (χ1v) is 6.90. The molecule has 1 heterocycles. The summed E-state index contributed by atoms with van der Waals surface area (Å²) < 4.78 is 10.9. The Hall–Kier alpha value is -0.650. The fourth-order valence-corrected chi connectivity index (χ4v) is 2.58. The van der Waals surface area contributed by atoms with Gasteiger partial charge in [0.05, 0.1) is 19.3 Å². The van der Waals surface area contributed by atoms with Crippen molar-refractivity contribution in [2.45, 2.75) is 50.8 Å². The van der Waals surface area contributed by atoms with Crippen LogP contribution in [0.2, 0.25) is 0 Å². The normalized spacial score (nSPS) is 33.6. The van der Waals surface area contributed by atoms with Gasteiger partial charge in [0.25, 0.3) is 0 Å². The lowest BCUT2D eigenvalue weighted by atomic mass is 10.1. The monoisotopic (exact) mass is 256 g/mol. The minimum atomic E-state index is 0.0509. The van der Waals surface area contributed by atoms with Gasteiger partial charge in [0.2, 0.25) is 5.91 Å². The summed E-state index contributed by atoms with van der Waals surface area (Å²) >= 11 is 0. The van der Waals surface area contributed by atoms with Crippen LogP contribution in [0.4, 0.5) is 0 Å². The molecule has 1 aliphatic carbocycles. The lowest BCUT2D eigenvalue weighted by molar-refractivity contribution is -0.126. The standard InChI is InChI=1S/C13H24N2O3/c1-9(7-18-12-4-5-17-8-12)15-13(16)10-2-3-11(14)6-10/h9-12H,2-8,14H2,1H3,(H,15,16). The molecule has 0 radical (unpaired) electrons. The summed E-state index contributed by atoms with van der Waals surface area (Å²) in [5.41, 5.74) is 5.82. The molecule has 0 aromatic rings. The highest BCUT2D eigenvalue weighted by molar-refractivity contribution is 5.79. The van der Waals surface area contributed by atoms with Gasteiger partial charge in [0.1, 0.15) is 0 Å². The fraction of sp³-hybridized carbons (Fsp3) is 0.923. The van der Waals surface area contributed by atoms with E-state index in [2.05, 4.69) is 5.32 Å². The third kappa shape index (κ3) is 3.93. The van der Waals surface area contributed by atoms with Crippen molar-refractivity contribution in [1.82, 2.24) is 5.32 Å². The predicted molar refractivity (Wildman–Crippen MR) is 68.1 cm³/mol. The zero-order chi connectivity index (χ0) is 13.0. The van der Waals surface area contributed by atoms with E-state index in [1.54, 1.807) is 0 Å². The maximum absolute atomic E-state index is 12.0. The molecule has 2 aliphatic rings. The van der Waals surface area contributed by atoms with Gasteiger partial charge in [-0.05, 0) is 32.6 Å². The van der Waals surface area contributed by atoms with Crippen molar-refractivity contribution in [3.8, 4) is 0 Å². The molecule has 5 heteroatoms. The maximum Gasteiger partial charge on any atom is 0.223 e. The number of hydrogen-bond acceptors (Lipinski definition) is 4. The third-order valence-corrected chi connectivity index (χ3v) is 3.70. The van der Waals surface area contributed by atoms with Crippen molar-refractivity contribution in [2.24, 2.45) is 11.7 Å². The summed E-state index contributed by atoms with van der Waals surface area (Å²) in [7, 11) is 0. The average molecular weight is 256 g/mol. The van der Waals surface area contributed by atoms with Crippen LogP contribution in [-0.2, 0) is 14.3 Å². The predicted octanol–water partition coefficient (Wildman–Crippen LogP) is 0.424. The summed E-state index contributed by atoms with van der Waals surface area (Å²) in [6.07, 6.45) is 3.84. The highest BCUT2D eigenvalue weighted by Crippen LogP contribution is 2.24. The van der Waals surface area contributed by atoms with Gasteiger partial charge in [-0.1, -0.05) is 0 Å². The molecule has 4 unspecified atom stereocenters. The fourth-order valence-electron chi connectivity index (χ4n) is 2.58. The smallest absolute Gasteiger partial charge is 0.223 e. The molecule has 5 nitrogen and oxygen atoms in total. The van der Waals surface area contributed by atoms with E-state index in [-0.39, 0.29) is 30.0 Å². The van der Waals surface area contributed by atoms with Crippen molar-refractivity contribution >= 4 is 5.91 Å². The van der Waals surface area contributed by atoms with Gasteiger partial charge in [0.15, 0.2) is 0 Å². The Morgan fingerprint density at radius 2 is 2.33 bits per heavy atom. The van der Waals surface area contributed by atoms with Crippen LogP contribution in [-0.4, -0.2) is 43.9 Å². The largest absolute Gasteiger partial charge is 0.379 e. The van der Waals surface area contributed by atoms with Crippen molar-refractivity contribution in [3.63, 3.8) is 0 Å². The quantitative estimate of drug-likeness (QED) is 0.748. The first-order chi connectivity index (χ1) is 8.65. The van der Waals surface area contributed by atoms with E-state index >= 15 is 0 Å². The number of carbonyl (C=O) groups is 1. The van der Waals surface area contributed by atoms with Crippen LogP contribution in [0, 0.1) is 5.92 Å². The number of amides is 1. The highest BCUT2D eigenvalue weighted by atomic mass is 16.5. The maximum atomic E-state index is 12.0.